The second kappa shape index (κ2) is 4.55. The molecule has 1 unspecified atom stereocenters. The van der Waals surface area contributed by atoms with E-state index >= 15 is 0 Å². The lowest BCUT2D eigenvalue weighted by Crippen LogP contribution is -2.28. The zero-order chi connectivity index (χ0) is 8.10. The van der Waals surface area contributed by atoms with Crippen LogP contribution in [0.4, 0.5) is 0 Å². The van der Waals surface area contributed by atoms with Gasteiger partial charge in [-0.15, -0.1) is 6.58 Å². The Hall–Kier alpha value is -0.300. The van der Waals surface area contributed by atoms with Gasteiger partial charge in [-0.2, -0.15) is 0 Å². The molecule has 0 aliphatic carbocycles. The van der Waals surface area contributed by atoms with E-state index in [0.717, 1.165) is 0 Å². The van der Waals surface area contributed by atoms with Crippen molar-refractivity contribution in [1.82, 2.24) is 4.90 Å². The van der Waals surface area contributed by atoms with Crippen molar-refractivity contribution in [3.8, 4) is 0 Å². The SMILES string of the molecule is C=CC1CCCN1CCCC. The van der Waals surface area contributed by atoms with Crippen LogP contribution >= 0.6 is 0 Å². The van der Waals surface area contributed by atoms with Crippen LogP contribution in [0, 0.1) is 0 Å². The average molecular weight is 153 g/mol. The molecule has 0 aromatic rings. The van der Waals surface area contributed by atoms with Crippen LogP contribution in [0.1, 0.15) is 32.6 Å². The summed E-state index contributed by atoms with van der Waals surface area (Å²) < 4.78 is 0. The molecular weight excluding hydrogens is 134 g/mol. The first kappa shape index (κ1) is 8.79. The summed E-state index contributed by atoms with van der Waals surface area (Å²) in [7, 11) is 0. The van der Waals surface area contributed by atoms with Crippen LogP contribution in [0.25, 0.3) is 0 Å². The van der Waals surface area contributed by atoms with E-state index in [9.17, 15) is 0 Å². The Morgan fingerprint density at radius 3 is 3.09 bits per heavy atom. The lowest BCUT2D eigenvalue weighted by Gasteiger charge is -2.20. The Morgan fingerprint density at radius 1 is 1.64 bits per heavy atom. The van der Waals surface area contributed by atoms with Crippen molar-refractivity contribution >= 4 is 0 Å². The van der Waals surface area contributed by atoms with Gasteiger partial charge in [0, 0.05) is 6.04 Å². The lowest BCUT2D eigenvalue weighted by atomic mass is 10.2. The van der Waals surface area contributed by atoms with E-state index < -0.39 is 0 Å². The van der Waals surface area contributed by atoms with E-state index in [4.69, 9.17) is 0 Å². The summed E-state index contributed by atoms with van der Waals surface area (Å²) in [4.78, 5) is 2.55. The van der Waals surface area contributed by atoms with Gasteiger partial charge in [0.25, 0.3) is 0 Å². The van der Waals surface area contributed by atoms with E-state index in [0.29, 0.717) is 6.04 Å². The molecule has 1 saturated heterocycles. The molecule has 0 bridgehead atoms. The Balaban J connectivity index is 2.25. The van der Waals surface area contributed by atoms with Gasteiger partial charge in [-0.1, -0.05) is 19.4 Å². The van der Waals surface area contributed by atoms with Crippen LogP contribution in [-0.4, -0.2) is 24.0 Å². The van der Waals surface area contributed by atoms with Gasteiger partial charge in [0.2, 0.25) is 0 Å². The summed E-state index contributed by atoms with van der Waals surface area (Å²) in [5.74, 6) is 0. The molecule has 64 valence electrons. The number of rotatable bonds is 4. The van der Waals surface area contributed by atoms with Crippen molar-refractivity contribution in [3.05, 3.63) is 12.7 Å². The first-order chi connectivity index (χ1) is 5.38. The summed E-state index contributed by atoms with van der Waals surface area (Å²) in [6.07, 6.45) is 7.43. The van der Waals surface area contributed by atoms with Crippen LogP contribution in [-0.2, 0) is 0 Å². The fourth-order valence-corrected chi connectivity index (χ4v) is 1.76. The van der Waals surface area contributed by atoms with Crippen LogP contribution in [0.2, 0.25) is 0 Å². The minimum absolute atomic E-state index is 0.682. The smallest absolute Gasteiger partial charge is 0.0276 e. The Kier molecular flexibility index (Phi) is 3.64. The highest BCUT2D eigenvalue weighted by Crippen LogP contribution is 2.17. The molecule has 0 radical (unpaired) electrons. The number of unbranched alkanes of at least 4 members (excludes halogenated alkanes) is 1. The molecule has 1 aliphatic heterocycles. The highest BCUT2D eigenvalue weighted by atomic mass is 15.2. The fraction of sp³-hybridized carbons (Fsp3) is 0.800. The molecule has 0 aromatic heterocycles. The Labute approximate surface area is 70.1 Å². The molecule has 1 aliphatic rings. The van der Waals surface area contributed by atoms with Crippen molar-refractivity contribution in [2.45, 2.75) is 38.6 Å². The summed E-state index contributed by atoms with van der Waals surface area (Å²) in [6.45, 7) is 8.67. The molecule has 0 spiro atoms. The third kappa shape index (κ3) is 2.33. The van der Waals surface area contributed by atoms with Gasteiger partial charge in [-0.3, -0.25) is 4.90 Å². The first-order valence-electron chi connectivity index (χ1n) is 4.75. The third-order valence-corrected chi connectivity index (χ3v) is 2.49. The molecule has 0 N–H and O–H groups in total. The van der Waals surface area contributed by atoms with Gasteiger partial charge in [0.1, 0.15) is 0 Å². The van der Waals surface area contributed by atoms with Gasteiger partial charge in [0.15, 0.2) is 0 Å². The number of hydrogen-bond acceptors (Lipinski definition) is 1. The minimum Gasteiger partial charge on any atom is -0.297 e. The van der Waals surface area contributed by atoms with Crippen LogP contribution in [0.3, 0.4) is 0 Å². The lowest BCUT2D eigenvalue weighted by molar-refractivity contribution is 0.285. The maximum atomic E-state index is 3.86. The van der Waals surface area contributed by atoms with E-state index in [1.54, 1.807) is 0 Å². The monoisotopic (exact) mass is 153 g/mol. The Bertz CT molecular complexity index is 120. The molecule has 11 heavy (non-hydrogen) atoms. The number of nitrogens with zero attached hydrogens (tertiary/aromatic N) is 1. The first-order valence-corrected chi connectivity index (χ1v) is 4.75. The molecule has 1 heteroatoms. The molecule has 0 saturated carbocycles. The normalized spacial score (nSPS) is 25.7. The van der Waals surface area contributed by atoms with Gasteiger partial charge >= 0.3 is 0 Å². The van der Waals surface area contributed by atoms with Crippen molar-refractivity contribution in [2.24, 2.45) is 0 Å². The summed E-state index contributed by atoms with van der Waals surface area (Å²) in [5.41, 5.74) is 0. The largest absolute Gasteiger partial charge is 0.297 e. The molecule has 0 amide bonds. The molecule has 1 nitrogen and oxygen atoms in total. The molecule has 1 rings (SSSR count). The van der Waals surface area contributed by atoms with Gasteiger partial charge < -0.3 is 0 Å². The van der Waals surface area contributed by atoms with E-state index in [1.165, 1.54) is 38.8 Å². The number of likely N-dealkylation sites (tertiary alicyclic amines) is 1. The van der Waals surface area contributed by atoms with Crippen molar-refractivity contribution < 1.29 is 0 Å². The van der Waals surface area contributed by atoms with Crippen molar-refractivity contribution in [2.75, 3.05) is 13.1 Å². The number of hydrogen-bond donors (Lipinski definition) is 0. The van der Waals surface area contributed by atoms with E-state index in [2.05, 4.69) is 24.5 Å². The van der Waals surface area contributed by atoms with Crippen molar-refractivity contribution in [1.29, 1.82) is 0 Å². The average Bonchev–Trinajstić information content (AvgIpc) is 2.47. The standard InChI is InChI=1S/C10H19N/c1-3-5-8-11-9-6-7-10(11)4-2/h4,10H,2-3,5-9H2,1H3. The predicted molar refractivity (Wildman–Crippen MR) is 49.7 cm³/mol. The summed E-state index contributed by atoms with van der Waals surface area (Å²) in [5, 5.41) is 0. The molecule has 1 fully saturated rings. The molecule has 0 aromatic carbocycles. The zero-order valence-electron chi connectivity index (χ0n) is 7.55. The minimum atomic E-state index is 0.682. The van der Waals surface area contributed by atoms with Gasteiger partial charge in [-0.05, 0) is 32.4 Å². The van der Waals surface area contributed by atoms with E-state index in [1.807, 2.05) is 0 Å². The van der Waals surface area contributed by atoms with Crippen LogP contribution in [0.5, 0.6) is 0 Å². The fourth-order valence-electron chi connectivity index (χ4n) is 1.76. The highest BCUT2D eigenvalue weighted by molar-refractivity contribution is 4.91. The highest BCUT2D eigenvalue weighted by Gasteiger charge is 2.20. The maximum Gasteiger partial charge on any atom is 0.0276 e. The van der Waals surface area contributed by atoms with Crippen LogP contribution in [0.15, 0.2) is 12.7 Å². The second-order valence-electron chi connectivity index (χ2n) is 3.33. The Morgan fingerprint density at radius 2 is 2.45 bits per heavy atom. The molecule has 1 atom stereocenters. The predicted octanol–water partition coefficient (Wildman–Crippen LogP) is 2.44. The topological polar surface area (TPSA) is 3.24 Å². The maximum absolute atomic E-state index is 3.86. The summed E-state index contributed by atoms with van der Waals surface area (Å²) >= 11 is 0. The summed E-state index contributed by atoms with van der Waals surface area (Å²) in [6, 6.07) is 0.682. The van der Waals surface area contributed by atoms with Gasteiger partial charge in [-0.25, -0.2) is 0 Å². The van der Waals surface area contributed by atoms with Crippen molar-refractivity contribution in [3.63, 3.8) is 0 Å². The molecule has 1 heterocycles. The zero-order valence-corrected chi connectivity index (χ0v) is 7.55. The quantitative estimate of drug-likeness (QED) is 0.561. The second-order valence-corrected chi connectivity index (χ2v) is 3.33. The van der Waals surface area contributed by atoms with Gasteiger partial charge in [0.05, 0.1) is 0 Å². The van der Waals surface area contributed by atoms with E-state index in [-0.39, 0.29) is 0 Å². The third-order valence-electron chi connectivity index (χ3n) is 2.49. The van der Waals surface area contributed by atoms with Crippen LogP contribution < -0.4 is 0 Å². The molecular formula is C10H19N.